The summed E-state index contributed by atoms with van der Waals surface area (Å²) in [6, 6.07) is 0. The molecule has 0 aliphatic carbocycles. The Morgan fingerprint density at radius 1 is 1.41 bits per heavy atom. The van der Waals surface area contributed by atoms with Crippen LogP contribution < -0.4 is 5.32 Å². The van der Waals surface area contributed by atoms with Gasteiger partial charge in [0.1, 0.15) is 0 Å². The molecule has 7 heteroatoms. The van der Waals surface area contributed by atoms with Crippen molar-refractivity contribution in [3.05, 3.63) is 12.4 Å². The van der Waals surface area contributed by atoms with Gasteiger partial charge < -0.3 is 10.4 Å². The second-order valence-electron chi connectivity index (χ2n) is 6.49. The number of carbonyl (C=O) groups excluding carboxylic acids is 1. The summed E-state index contributed by atoms with van der Waals surface area (Å²) in [6.45, 7) is 8.52. The molecule has 1 aromatic heterocycles. The van der Waals surface area contributed by atoms with E-state index in [2.05, 4.69) is 29.2 Å². The lowest BCUT2D eigenvalue weighted by Crippen LogP contribution is -2.38. The van der Waals surface area contributed by atoms with E-state index < -0.39 is 6.10 Å². The third-order valence-corrected chi connectivity index (χ3v) is 3.65. The predicted octanol–water partition coefficient (Wildman–Crippen LogP) is -0.00690. The Kier molecular flexibility index (Phi) is 5.93. The highest BCUT2D eigenvalue weighted by atomic mass is 16.3. The number of hydrogen-bond donors (Lipinski definition) is 2. The zero-order valence-electron chi connectivity index (χ0n) is 13.7. The molecule has 1 saturated heterocycles. The Labute approximate surface area is 131 Å². The van der Waals surface area contributed by atoms with E-state index in [1.807, 2.05) is 11.9 Å². The van der Waals surface area contributed by atoms with Gasteiger partial charge in [-0.1, -0.05) is 13.8 Å². The summed E-state index contributed by atoms with van der Waals surface area (Å²) in [6.07, 6.45) is 2.98. The van der Waals surface area contributed by atoms with E-state index in [1.165, 1.54) is 0 Å². The van der Waals surface area contributed by atoms with Gasteiger partial charge in [0.25, 0.3) is 0 Å². The van der Waals surface area contributed by atoms with Gasteiger partial charge in [0.15, 0.2) is 0 Å². The SMILES string of the molecule is CC(C)CN1CCN(CC(=O)Nc2cnn(C)c2)C[C@@H](O)C1. The number of aryl methyl sites for hydroxylation is 1. The highest BCUT2D eigenvalue weighted by molar-refractivity contribution is 5.91. The van der Waals surface area contributed by atoms with Crippen LogP contribution in [0.15, 0.2) is 12.4 Å². The van der Waals surface area contributed by atoms with Crippen LogP contribution in [0.3, 0.4) is 0 Å². The quantitative estimate of drug-likeness (QED) is 0.800. The van der Waals surface area contributed by atoms with Crippen LogP contribution in [0.2, 0.25) is 0 Å². The van der Waals surface area contributed by atoms with Gasteiger partial charge in [-0.05, 0) is 5.92 Å². The third kappa shape index (κ3) is 5.40. The fourth-order valence-corrected chi connectivity index (χ4v) is 2.83. The molecule has 0 aromatic carbocycles. The summed E-state index contributed by atoms with van der Waals surface area (Å²) in [7, 11) is 1.81. The summed E-state index contributed by atoms with van der Waals surface area (Å²) in [4.78, 5) is 16.4. The highest BCUT2D eigenvalue weighted by Gasteiger charge is 2.23. The van der Waals surface area contributed by atoms with Crippen molar-refractivity contribution in [2.24, 2.45) is 13.0 Å². The first-order valence-electron chi connectivity index (χ1n) is 7.83. The molecule has 0 bridgehead atoms. The van der Waals surface area contributed by atoms with Crippen molar-refractivity contribution in [3.8, 4) is 0 Å². The molecule has 0 spiro atoms. The third-order valence-electron chi connectivity index (χ3n) is 3.65. The molecule has 0 unspecified atom stereocenters. The lowest BCUT2D eigenvalue weighted by molar-refractivity contribution is -0.117. The molecular weight excluding hydrogens is 282 g/mol. The van der Waals surface area contributed by atoms with E-state index in [0.29, 0.717) is 31.2 Å². The monoisotopic (exact) mass is 309 g/mol. The molecule has 124 valence electrons. The van der Waals surface area contributed by atoms with Gasteiger partial charge >= 0.3 is 0 Å². The van der Waals surface area contributed by atoms with E-state index in [1.54, 1.807) is 17.1 Å². The lowest BCUT2D eigenvalue weighted by Gasteiger charge is -2.23. The molecule has 2 rings (SSSR count). The number of nitrogens with one attached hydrogen (secondary N) is 1. The zero-order chi connectivity index (χ0) is 16.1. The van der Waals surface area contributed by atoms with Crippen LogP contribution in [0.1, 0.15) is 13.8 Å². The predicted molar refractivity (Wildman–Crippen MR) is 85.6 cm³/mol. The van der Waals surface area contributed by atoms with Gasteiger partial charge in [0.05, 0.1) is 24.5 Å². The van der Waals surface area contributed by atoms with Crippen LogP contribution in [0.4, 0.5) is 5.69 Å². The molecule has 1 aliphatic heterocycles. The second kappa shape index (κ2) is 7.71. The van der Waals surface area contributed by atoms with Crippen molar-refractivity contribution in [2.75, 3.05) is 44.6 Å². The number of hydrogen-bond acceptors (Lipinski definition) is 5. The summed E-state index contributed by atoms with van der Waals surface area (Å²) in [5, 5.41) is 17.0. The van der Waals surface area contributed by atoms with Crippen molar-refractivity contribution in [2.45, 2.75) is 20.0 Å². The van der Waals surface area contributed by atoms with Crippen LogP contribution in [-0.2, 0) is 11.8 Å². The maximum absolute atomic E-state index is 12.1. The minimum Gasteiger partial charge on any atom is -0.390 e. The normalized spacial score (nSPS) is 21.0. The zero-order valence-corrected chi connectivity index (χ0v) is 13.7. The van der Waals surface area contributed by atoms with Crippen LogP contribution in [0.25, 0.3) is 0 Å². The summed E-state index contributed by atoms with van der Waals surface area (Å²) < 4.78 is 1.65. The van der Waals surface area contributed by atoms with E-state index in [0.717, 1.165) is 19.6 Å². The molecule has 1 aliphatic rings. The van der Waals surface area contributed by atoms with Crippen LogP contribution >= 0.6 is 0 Å². The van der Waals surface area contributed by atoms with Crippen molar-refractivity contribution >= 4 is 11.6 Å². The number of nitrogens with zero attached hydrogens (tertiary/aromatic N) is 4. The Hall–Kier alpha value is -1.44. The number of amides is 1. The average molecular weight is 309 g/mol. The molecule has 7 nitrogen and oxygen atoms in total. The number of carbonyl (C=O) groups is 1. The van der Waals surface area contributed by atoms with Crippen LogP contribution in [0, 0.1) is 5.92 Å². The minimum atomic E-state index is -0.410. The van der Waals surface area contributed by atoms with Crippen LogP contribution in [-0.4, -0.2) is 76.0 Å². The summed E-state index contributed by atoms with van der Waals surface area (Å²) in [5.41, 5.74) is 0.698. The second-order valence-corrected chi connectivity index (χ2v) is 6.49. The molecule has 2 N–H and O–H groups in total. The maximum atomic E-state index is 12.1. The standard InChI is InChI=1S/C15H27N5O2/c1-12(2)7-19-4-5-20(10-14(21)9-19)11-15(22)17-13-6-16-18(3)8-13/h6,8,12,14,21H,4-5,7,9-11H2,1-3H3,(H,17,22)/t14-/m0/s1. The molecule has 0 radical (unpaired) electrons. The first-order valence-corrected chi connectivity index (χ1v) is 7.83. The number of rotatable bonds is 5. The topological polar surface area (TPSA) is 73.6 Å². The van der Waals surface area contributed by atoms with Gasteiger partial charge in [-0.15, -0.1) is 0 Å². The van der Waals surface area contributed by atoms with Crippen molar-refractivity contribution in [1.29, 1.82) is 0 Å². The number of aliphatic hydroxyl groups excluding tert-OH is 1. The van der Waals surface area contributed by atoms with Crippen molar-refractivity contribution in [3.63, 3.8) is 0 Å². The summed E-state index contributed by atoms with van der Waals surface area (Å²) >= 11 is 0. The van der Waals surface area contributed by atoms with E-state index in [4.69, 9.17) is 0 Å². The first-order chi connectivity index (χ1) is 10.4. The Morgan fingerprint density at radius 3 is 2.73 bits per heavy atom. The fraction of sp³-hybridized carbons (Fsp3) is 0.733. The van der Waals surface area contributed by atoms with Crippen LogP contribution in [0.5, 0.6) is 0 Å². The largest absolute Gasteiger partial charge is 0.390 e. The van der Waals surface area contributed by atoms with Gasteiger partial charge in [-0.3, -0.25) is 19.3 Å². The van der Waals surface area contributed by atoms with Gasteiger partial charge in [-0.2, -0.15) is 5.10 Å². The van der Waals surface area contributed by atoms with E-state index in [9.17, 15) is 9.90 Å². The molecule has 1 amide bonds. The first kappa shape index (κ1) is 16.9. The lowest BCUT2D eigenvalue weighted by atomic mass is 10.2. The molecule has 1 aromatic rings. The molecule has 1 atom stereocenters. The molecular formula is C15H27N5O2. The fourth-order valence-electron chi connectivity index (χ4n) is 2.83. The average Bonchev–Trinajstić information content (AvgIpc) is 2.71. The molecule has 2 heterocycles. The van der Waals surface area contributed by atoms with Gasteiger partial charge in [0.2, 0.25) is 5.91 Å². The molecule has 0 saturated carbocycles. The number of β-amino-alcohol motifs (C(OH)–C–C–N with tert-alkyl or cyclic N) is 1. The Morgan fingerprint density at radius 2 is 2.09 bits per heavy atom. The highest BCUT2D eigenvalue weighted by Crippen LogP contribution is 2.08. The van der Waals surface area contributed by atoms with Crippen molar-refractivity contribution < 1.29 is 9.90 Å². The Bertz CT molecular complexity index is 488. The van der Waals surface area contributed by atoms with Gasteiger partial charge in [-0.25, -0.2) is 0 Å². The minimum absolute atomic E-state index is 0.0718. The number of aliphatic hydroxyl groups is 1. The maximum Gasteiger partial charge on any atom is 0.238 e. The van der Waals surface area contributed by atoms with E-state index >= 15 is 0 Å². The van der Waals surface area contributed by atoms with Crippen molar-refractivity contribution in [1.82, 2.24) is 19.6 Å². The van der Waals surface area contributed by atoms with E-state index in [-0.39, 0.29) is 5.91 Å². The smallest absolute Gasteiger partial charge is 0.238 e. The number of anilines is 1. The summed E-state index contributed by atoms with van der Waals surface area (Å²) in [5.74, 6) is 0.505. The molecule has 22 heavy (non-hydrogen) atoms. The Balaban J connectivity index is 1.83. The number of aromatic nitrogens is 2. The molecule has 1 fully saturated rings. The van der Waals surface area contributed by atoms with Gasteiger partial charge in [0, 0.05) is 46.0 Å².